The molecule has 0 bridgehead atoms. The van der Waals surface area contributed by atoms with Gasteiger partial charge in [0.1, 0.15) is 5.82 Å². The molecule has 32 heavy (non-hydrogen) atoms. The fourth-order valence-corrected chi connectivity index (χ4v) is 4.24. The molecule has 2 aromatic heterocycles. The number of aromatic amines is 1. The number of aliphatic hydroxyl groups excluding tert-OH is 1. The summed E-state index contributed by atoms with van der Waals surface area (Å²) >= 11 is 6.42. The summed E-state index contributed by atoms with van der Waals surface area (Å²) in [5.41, 5.74) is 1.34. The van der Waals surface area contributed by atoms with Crippen LogP contribution in [-0.4, -0.2) is 39.9 Å². The minimum Gasteiger partial charge on any atom is -0.494 e. The summed E-state index contributed by atoms with van der Waals surface area (Å²) in [6, 6.07) is 9.19. The number of benzene rings is 2. The van der Waals surface area contributed by atoms with Gasteiger partial charge in [0, 0.05) is 21.9 Å². The molecule has 5 rings (SSSR count). The van der Waals surface area contributed by atoms with E-state index in [-0.39, 0.29) is 45.7 Å². The lowest BCUT2D eigenvalue weighted by atomic mass is 9.93. The lowest BCUT2D eigenvalue weighted by Gasteiger charge is -2.14. The Morgan fingerprint density at radius 1 is 1.28 bits per heavy atom. The molecule has 2 heterocycles. The molecule has 0 saturated heterocycles. The van der Waals surface area contributed by atoms with Crippen LogP contribution in [0.4, 0.5) is 4.39 Å². The summed E-state index contributed by atoms with van der Waals surface area (Å²) in [6.07, 6.45) is 1.63. The van der Waals surface area contributed by atoms with Crippen LogP contribution in [0.3, 0.4) is 0 Å². The molecule has 9 heteroatoms. The van der Waals surface area contributed by atoms with Crippen LogP contribution >= 0.6 is 11.6 Å². The van der Waals surface area contributed by atoms with Gasteiger partial charge >= 0.3 is 0 Å². The lowest BCUT2D eigenvalue weighted by molar-refractivity contribution is 0.0999. The molecule has 164 valence electrons. The van der Waals surface area contributed by atoms with Gasteiger partial charge in [0.05, 0.1) is 35.9 Å². The van der Waals surface area contributed by atoms with E-state index in [0.29, 0.717) is 16.5 Å². The summed E-state index contributed by atoms with van der Waals surface area (Å²) in [6.45, 7) is -0.0287. The van der Waals surface area contributed by atoms with Gasteiger partial charge in [0.2, 0.25) is 17.4 Å². The average molecular weight is 457 g/mol. The maximum absolute atomic E-state index is 15.1. The van der Waals surface area contributed by atoms with Gasteiger partial charge in [-0.15, -0.1) is 0 Å². The quantitative estimate of drug-likeness (QED) is 0.366. The maximum atomic E-state index is 15.1. The van der Waals surface area contributed by atoms with Crippen LogP contribution < -0.4 is 4.74 Å². The van der Waals surface area contributed by atoms with Crippen LogP contribution in [0.25, 0.3) is 22.0 Å². The highest BCUT2D eigenvalue weighted by atomic mass is 35.5. The van der Waals surface area contributed by atoms with Crippen LogP contribution in [0.5, 0.6) is 11.8 Å². The van der Waals surface area contributed by atoms with Crippen molar-refractivity contribution in [3.05, 3.63) is 64.1 Å². The number of methoxy groups -OCH3 is 1. The van der Waals surface area contributed by atoms with Crippen molar-refractivity contribution < 1.29 is 28.7 Å². The molecule has 1 aliphatic rings. The second kappa shape index (κ2) is 7.36. The van der Waals surface area contributed by atoms with E-state index in [0.717, 1.165) is 18.4 Å². The van der Waals surface area contributed by atoms with E-state index in [2.05, 4.69) is 10.1 Å². The molecule has 1 fully saturated rings. The number of H-pyrrole nitrogens is 1. The first-order chi connectivity index (χ1) is 15.4. The predicted octanol–water partition coefficient (Wildman–Crippen LogP) is 4.58. The minimum absolute atomic E-state index is 0.0287. The third kappa shape index (κ3) is 3.14. The summed E-state index contributed by atoms with van der Waals surface area (Å²) in [5.74, 6) is -1.48. The third-order valence-electron chi connectivity index (χ3n) is 6.04. The van der Waals surface area contributed by atoms with E-state index in [1.165, 1.54) is 25.3 Å². The van der Waals surface area contributed by atoms with Crippen molar-refractivity contribution in [2.45, 2.75) is 18.3 Å². The molecule has 4 aromatic rings. The SMILES string of the molecule is COc1cc(C(=O)c2c(O)[nH]c3cc(Cl)c(-c4ccc(C5(CO)CC5)cc4F)cc23)on1. The van der Waals surface area contributed by atoms with E-state index in [4.69, 9.17) is 20.9 Å². The number of rotatable bonds is 6. The number of hydrogen-bond acceptors (Lipinski definition) is 6. The molecule has 7 nitrogen and oxygen atoms in total. The maximum Gasteiger partial charge on any atom is 0.254 e. The average Bonchev–Trinajstić information content (AvgIpc) is 3.31. The van der Waals surface area contributed by atoms with Crippen molar-refractivity contribution >= 4 is 28.3 Å². The number of ketones is 1. The zero-order valence-corrected chi connectivity index (χ0v) is 17.7. The number of hydrogen-bond donors (Lipinski definition) is 3. The number of aliphatic hydroxyl groups is 1. The van der Waals surface area contributed by atoms with Gasteiger partial charge in [-0.05, 0) is 41.8 Å². The minimum atomic E-state index is -0.618. The normalized spacial score (nSPS) is 14.6. The molecule has 2 aromatic carbocycles. The Morgan fingerprint density at radius 3 is 2.69 bits per heavy atom. The van der Waals surface area contributed by atoms with E-state index >= 15 is 4.39 Å². The molecule has 0 amide bonds. The van der Waals surface area contributed by atoms with Gasteiger partial charge in [-0.3, -0.25) is 4.79 Å². The fourth-order valence-electron chi connectivity index (χ4n) is 3.98. The standard InChI is InChI=1S/C23H18ClFN2O5/c1-31-19-9-18(32-27-19)21(29)20-14-7-13(15(24)8-17(14)26-22(20)30)12-3-2-11(6-16(12)25)23(10-28)4-5-23/h2-3,6-9,26,28,30H,4-5,10H2,1H3. The van der Waals surface area contributed by atoms with E-state index < -0.39 is 11.6 Å². The Labute approximate surface area is 186 Å². The highest BCUT2D eigenvalue weighted by Gasteiger charge is 2.44. The Kier molecular flexibility index (Phi) is 4.72. The molecule has 3 N–H and O–H groups in total. The number of carbonyl (C=O) groups is 1. The Balaban J connectivity index is 1.62. The first kappa shape index (κ1) is 20.5. The van der Waals surface area contributed by atoms with Crippen molar-refractivity contribution in [1.29, 1.82) is 0 Å². The van der Waals surface area contributed by atoms with Gasteiger partial charge < -0.3 is 24.5 Å². The number of aromatic hydroxyl groups is 1. The van der Waals surface area contributed by atoms with Gasteiger partial charge in [-0.2, -0.15) is 0 Å². The van der Waals surface area contributed by atoms with Crippen LogP contribution in [-0.2, 0) is 5.41 Å². The second-order valence-corrected chi connectivity index (χ2v) is 8.33. The molecule has 0 aliphatic heterocycles. The van der Waals surface area contributed by atoms with Gasteiger partial charge in [-0.1, -0.05) is 23.7 Å². The van der Waals surface area contributed by atoms with Gasteiger partial charge in [-0.25, -0.2) is 4.39 Å². The molecule has 1 aliphatic carbocycles. The van der Waals surface area contributed by atoms with Crippen molar-refractivity contribution in [3.8, 4) is 22.9 Å². The lowest BCUT2D eigenvalue weighted by Crippen LogP contribution is -2.12. The summed E-state index contributed by atoms with van der Waals surface area (Å²) in [4.78, 5) is 15.7. The number of carbonyl (C=O) groups excluding carboxylic acids is 1. The number of halogens is 2. The zero-order valence-electron chi connectivity index (χ0n) is 16.9. The van der Waals surface area contributed by atoms with Crippen LogP contribution in [0.15, 0.2) is 40.9 Å². The van der Waals surface area contributed by atoms with Crippen molar-refractivity contribution in [3.63, 3.8) is 0 Å². The summed E-state index contributed by atoms with van der Waals surface area (Å²) in [5, 5.41) is 24.2. The van der Waals surface area contributed by atoms with Crippen molar-refractivity contribution in [2.24, 2.45) is 0 Å². The number of ether oxygens (including phenoxy) is 1. The predicted molar refractivity (Wildman–Crippen MR) is 115 cm³/mol. The molecular formula is C23H18ClFN2O5. The third-order valence-corrected chi connectivity index (χ3v) is 6.36. The van der Waals surface area contributed by atoms with Crippen LogP contribution in [0, 0.1) is 5.82 Å². The number of nitrogens with one attached hydrogen (secondary N) is 1. The molecule has 0 atom stereocenters. The highest BCUT2D eigenvalue weighted by Crippen LogP contribution is 2.48. The largest absolute Gasteiger partial charge is 0.494 e. The number of fused-ring (bicyclic) bond motifs is 1. The Bertz CT molecular complexity index is 1370. The van der Waals surface area contributed by atoms with Crippen molar-refractivity contribution in [2.75, 3.05) is 13.7 Å². The number of aromatic nitrogens is 2. The van der Waals surface area contributed by atoms with Gasteiger partial charge in [0.15, 0.2) is 0 Å². The zero-order chi connectivity index (χ0) is 22.6. The molecule has 1 saturated carbocycles. The Morgan fingerprint density at radius 2 is 2.06 bits per heavy atom. The van der Waals surface area contributed by atoms with Crippen LogP contribution in [0.2, 0.25) is 5.02 Å². The van der Waals surface area contributed by atoms with E-state index in [1.807, 2.05) is 0 Å². The smallest absolute Gasteiger partial charge is 0.254 e. The molecule has 0 unspecified atom stereocenters. The molecule has 0 spiro atoms. The monoisotopic (exact) mass is 456 g/mol. The first-order valence-electron chi connectivity index (χ1n) is 9.88. The highest BCUT2D eigenvalue weighted by molar-refractivity contribution is 6.34. The fraction of sp³-hybridized carbons (Fsp3) is 0.217. The van der Waals surface area contributed by atoms with E-state index in [9.17, 15) is 15.0 Å². The first-order valence-corrected chi connectivity index (χ1v) is 10.3. The van der Waals surface area contributed by atoms with Crippen LogP contribution in [0.1, 0.15) is 34.5 Å². The topological polar surface area (TPSA) is 109 Å². The molecule has 0 radical (unpaired) electrons. The summed E-state index contributed by atoms with van der Waals surface area (Å²) in [7, 11) is 1.38. The van der Waals surface area contributed by atoms with Gasteiger partial charge in [0.25, 0.3) is 5.88 Å². The van der Waals surface area contributed by atoms with Crippen molar-refractivity contribution in [1.82, 2.24) is 10.1 Å². The second-order valence-electron chi connectivity index (χ2n) is 7.92. The Hall–Kier alpha value is -3.36. The van der Waals surface area contributed by atoms with E-state index in [1.54, 1.807) is 18.2 Å². The number of nitrogens with zero attached hydrogens (tertiary/aromatic N) is 1. The molecular weight excluding hydrogens is 439 g/mol. The summed E-state index contributed by atoms with van der Waals surface area (Å²) < 4.78 is 25.0.